The maximum atomic E-state index is 13.4. The molecule has 0 aliphatic heterocycles. The number of amides is 2. The van der Waals surface area contributed by atoms with Crippen molar-refractivity contribution in [1.82, 2.24) is 5.32 Å². The van der Waals surface area contributed by atoms with Gasteiger partial charge in [-0.2, -0.15) is 0 Å². The van der Waals surface area contributed by atoms with E-state index in [1.165, 1.54) is 18.2 Å². The predicted molar refractivity (Wildman–Crippen MR) is 64.6 cm³/mol. The van der Waals surface area contributed by atoms with Crippen molar-refractivity contribution in [2.75, 3.05) is 6.54 Å². The Morgan fingerprint density at radius 1 is 1.37 bits per heavy atom. The largest absolute Gasteiger partial charge is 0.478 e. The first-order chi connectivity index (χ1) is 8.90. The van der Waals surface area contributed by atoms with Gasteiger partial charge in [0.1, 0.15) is 5.82 Å². The zero-order valence-corrected chi connectivity index (χ0v) is 9.72. The van der Waals surface area contributed by atoms with E-state index in [0.29, 0.717) is 5.56 Å². The molecule has 7 heteroatoms. The van der Waals surface area contributed by atoms with Crippen molar-refractivity contribution in [3.63, 3.8) is 0 Å². The second-order valence-electron chi connectivity index (χ2n) is 3.56. The van der Waals surface area contributed by atoms with Crippen LogP contribution in [-0.2, 0) is 9.59 Å². The van der Waals surface area contributed by atoms with Gasteiger partial charge in [-0.05, 0) is 23.8 Å². The Balaban J connectivity index is 2.93. The van der Waals surface area contributed by atoms with Gasteiger partial charge >= 0.3 is 5.97 Å². The lowest BCUT2D eigenvalue weighted by atomic mass is 10.1. The number of benzene rings is 1. The lowest BCUT2D eigenvalue weighted by Crippen LogP contribution is -2.33. The van der Waals surface area contributed by atoms with Crippen molar-refractivity contribution in [3.05, 3.63) is 41.2 Å². The van der Waals surface area contributed by atoms with Crippen LogP contribution < -0.4 is 11.1 Å². The minimum Gasteiger partial charge on any atom is -0.478 e. The third kappa shape index (κ3) is 4.58. The highest BCUT2D eigenvalue weighted by molar-refractivity contribution is 5.97. The smallest absolute Gasteiger partial charge is 0.328 e. The summed E-state index contributed by atoms with van der Waals surface area (Å²) in [7, 11) is 0. The molecule has 0 saturated heterocycles. The van der Waals surface area contributed by atoms with Crippen molar-refractivity contribution < 1.29 is 23.9 Å². The number of hydrogen-bond acceptors (Lipinski definition) is 3. The Kier molecular flexibility index (Phi) is 4.76. The fourth-order valence-corrected chi connectivity index (χ4v) is 1.25. The summed E-state index contributed by atoms with van der Waals surface area (Å²) in [5.41, 5.74) is 4.89. The van der Waals surface area contributed by atoms with Gasteiger partial charge in [0.2, 0.25) is 5.91 Å². The lowest BCUT2D eigenvalue weighted by Gasteiger charge is -2.05. The summed E-state index contributed by atoms with van der Waals surface area (Å²) in [5.74, 6) is -3.50. The molecule has 1 aromatic carbocycles. The Morgan fingerprint density at radius 2 is 2.05 bits per heavy atom. The summed E-state index contributed by atoms with van der Waals surface area (Å²) in [6.07, 6.45) is 2.07. The average Bonchev–Trinajstić information content (AvgIpc) is 2.34. The lowest BCUT2D eigenvalue weighted by molar-refractivity contribution is -0.131. The van der Waals surface area contributed by atoms with Crippen molar-refractivity contribution in [3.8, 4) is 0 Å². The molecule has 0 fully saturated rings. The summed E-state index contributed by atoms with van der Waals surface area (Å²) >= 11 is 0. The molecule has 0 saturated carbocycles. The summed E-state index contributed by atoms with van der Waals surface area (Å²) in [4.78, 5) is 32.4. The number of primary amides is 1. The molecular formula is C12H11FN2O4. The molecular weight excluding hydrogens is 255 g/mol. The molecule has 0 bridgehead atoms. The Bertz CT molecular complexity index is 555. The van der Waals surface area contributed by atoms with Gasteiger partial charge in [-0.15, -0.1) is 0 Å². The van der Waals surface area contributed by atoms with E-state index in [-0.39, 0.29) is 5.56 Å². The number of hydrogen-bond donors (Lipinski definition) is 3. The molecule has 0 aromatic heterocycles. The maximum absolute atomic E-state index is 13.4. The molecule has 19 heavy (non-hydrogen) atoms. The molecule has 6 nitrogen and oxygen atoms in total. The van der Waals surface area contributed by atoms with E-state index in [1.807, 2.05) is 0 Å². The van der Waals surface area contributed by atoms with Gasteiger partial charge in [-0.1, -0.05) is 6.07 Å². The molecule has 1 aromatic rings. The van der Waals surface area contributed by atoms with Gasteiger partial charge in [0.15, 0.2) is 0 Å². The molecule has 0 radical (unpaired) electrons. The summed E-state index contributed by atoms with van der Waals surface area (Å²) in [6.45, 7) is -0.409. The summed E-state index contributed by atoms with van der Waals surface area (Å²) < 4.78 is 13.4. The van der Waals surface area contributed by atoms with Crippen molar-refractivity contribution in [2.45, 2.75) is 0 Å². The van der Waals surface area contributed by atoms with E-state index >= 15 is 0 Å². The quantitative estimate of drug-likeness (QED) is 0.658. The number of aliphatic carboxylic acids is 1. The van der Waals surface area contributed by atoms with E-state index < -0.39 is 30.1 Å². The van der Waals surface area contributed by atoms with Crippen LogP contribution in [-0.4, -0.2) is 29.4 Å². The first-order valence-corrected chi connectivity index (χ1v) is 5.17. The minimum absolute atomic E-state index is 0.297. The first-order valence-electron chi connectivity index (χ1n) is 5.17. The highest BCUT2D eigenvalue weighted by atomic mass is 19.1. The van der Waals surface area contributed by atoms with Crippen LogP contribution >= 0.6 is 0 Å². The molecule has 1 rings (SSSR count). The average molecular weight is 266 g/mol. The molecule has 0 heterocycles. The van der Waals surface area contributed by atoms with Crippen molar-refractivity contribution in [2.24, 2.45) is 5.73 Å². The summed E-state index contributed by atoms with van der Waals surface area (Å²) in [5, 5.41) is 10.6. The molecule has 2 amide bonds. The Morgan fingerprint density at radius 3 is 2.63 bits per heavy atom. The van der Waals surface area contributed by atoms with Crippen LogP contribution in [0, 0.1) is 5.82 Å². The van der Waals surface area contributed by atoms with Crippen LogP contribution in [0.15, 0.2) is 24.3 Å². The zero-order valence-electron chi connectivity index (χ0n) is 9.72. The monoisotopic (exact) mass is 266 g/mol. The number of carboxylic acids is 1. The molecule has 0 aliphatic carbocycles. The summed E-state index contributed by atoms with van der Waals surface area (Å²) in [6, 6.07) is 3.52. The molecule has 4 N–H and O–H groups in total. The number of carbonyl (C=O) groups excluding carboxylic acids is 2. The molecule has 0 spiro atoms. The van der Waals surface area contributed by atoms with E-state index in [0.717, 1.165) is 12.1 Å². The molecule has 0 atom stereocenters. The van der Waals surface area contributed by atoms with E-state index in [9.17, 15) is 18.8 Å². The number of nitrogens with two attached hydrogens (primary N) is 1. The Hall–Kier alpha value is -2.70. The fraction of sp³-hybridized carbons (Fsp3) is 0.0833. The van der Waals surface area contributed by atoms with Crippen LogP contribution in [0.4, 0.5) is 4.39 Å². The third-order valence-electron chi connectivity index (χ3n) is 2.08. The van der Waals surface area contributed by atoms with Crippen LogP contribution in [0.3, 0.4) is 0 Å². The number of carbonyl (C=O) groups is 3. The minimum atomic E-state index is -1.16. The van der Waals surface area contributed by atoms with E-state index in [1.54, 1.807) is 0 Å². The van der Waals surface area contributed by atoms with Crippen LogP contribution in [0.1, 0.15) is 15.9 Å². The van der Waals surface area contributed by atoms with Gasteiger partial charge in [0.05, 0.1) is 12.1 Å². The van der Waals surface area contributed by atoms with Gasteiger partial charge in [-0.25, -0.2) is 9.18 Å². The SMILES string of the molecule is NC(=O)CNC(=O)c1cc(/C=C/C(=O)O)ccc1F. The predicted octanol–water partition coefficient (Wildman–Crippen LogP) is 0.139. The maximum Gasteiger partial charge on any atom is 0.328 e. The first kappa shape index (κ1) is 14.4. The second kappa shape index (κ2) is 6.29. The molecule has 0 aliphatic rings. The fourth-order valence-electron chi connectivity index (χ4n) is 1.25. The topological polar surface area (TPSA) is 109 Å². The second-order valence-corrected chi connectivity index (χ2v) is 3.56. The van der Waals surface area contributed by atoms with Gasteiger partial charge < -0.3 is 16.2 Å². The van der Waals surface area contributed by atoms with Gasteiger partial charge in [0.25, 0.3) is 5.91 Å². The third-order valence-corrected chi connectivity index (χ3v) is 2.08. The normalized spacial score (nSPS) is 10.4. The number of nitrogens with one attached hydrogen (secondary N) is 1. The van der Waals surface area contributed by atoms with Crippen LogP contribution in [0.5, 0.6) is 0 Å². The number of rotatable bonds is 5. The highest BCUT2D eigenvalue weighted by Gasteiger charge is 2.12. The number of halogens is 1. The van der Waals surface area contributed by atoms with Gasteiger partial charge in [-0.3, -0.25) is 9.59 Å². The van der Waals surface area contributed by atoms with E-state index in [2.05, 4.69) is 5.32 Å². The number of carboxylic acid groups (broad SMARTS) is 1. The van der Waals surface area contributed by atoms with Gasteiger partial charge in [0, 0.05) is 6.08 Å². The van der Waals surface area contributed by atoms with Crippen LogP contribution in [0.2, 0.25) is 0 Å². The van der Waals surface area contributed by atoms with Crippen molar-refractivity contribution >= 4 is 23.9 Å². The molecule has 100 valence electrons. The molecule has 0 unspecified atom stereocenters. The Labute approximate surface area is 107 Å². The zero-order chi connectivity index (χ0) is 14.4. The van der Waals surface area contributed by atoms with E-state index in [4.69, 9.17) is 10.8 Å². The van der Waals surface area contributed by atoms with Crippen molar-refractivity contribution in [1.29, 1.82) is 0 Å². The highest BCUT2D eigenvalue weighted by Crippen LogP contribution is 2.12. The van der Waals surface area contributed by atoms with Crippen LogP contribution in [0.25, 0.3) is 6.08 Å². The standard InChI is InChI=1S/C12H11FN2O4/c13-9-3-1-7(2-4-11(17)18)5-8(9)12(19)15-6-10(14)16/h1-5H,6H2,(H2,14,16)(H,15,19)(H,17,18)/b4-2+.